The Morgan fingerprint density at radius 1 is 0.806 bits per heavy atom. The fraction of sp³-hybridized carbons (Fsp3) is 0.200. The molecule has 0 atom stereocenters. The number of carbonyl (C=O) groups is 2. The summed E-state index contributed by atoms with van der Waals surface area (Å²) in [7, 11) is 0. The molecular weight excluding hydrogens is 394 g/mol. The SMILES string of the molecule is O=C(O)CCCNC(=O)c1cc(OCc2ccccc2)ccc1OCc1ccccc1. The van der Waals surface area contributed by atoms with E-state index >= 15 is 0 Å². The summed E-state index contributed by atoms with van der Waals surface area (Å²) in [5.41, 5.74) is 2.35. The Bertz CT molecular complexity index is 989. The molecule has 0 aliphatic rings. The molecule has 0 spiro atoms. The first-order valence-electron chi connectivity index (χ1n) is 10.1. The van der Waals surface area contributed by atoms with Gasteiger partial charge in [-0.15, -0.1) is 0 Å². The van der Waals surface area contributed by atoms with Gasteiger partial charge in [-0.25, -0.2) is 0 Å². The van der Waals surface area contributed by atoms with Gasteiger partial charge in [0.25, 0.3) is 5.91 Å². The third-order valence-corrected chi connectivity index (χ3v) is 4.53. The summed E-state index contributed by atoms with van der Waals surface area (Å²) in [4.78, 5) is 23.4. The second-order valence-electron chi connectivity index (χ2n) is 6.96. The molecular formula is C25H25NO5. The lowest BCUT2D eigenvalue weighted by molar-refractivity contribution is -0.137. The minimum Gasteiger partial charge on any atom is -0.489 e. The Kier molecular flexibility index (Phi) is 8.05. The number of amides is 1. The molecule has 3 aromatic rings. The summed E-state index contributed by atoms with van der Waals surface area (Å²) in [6.45, 7) is 0.966. The van der Waals surface area contributed by atoms with E-state index in [1.807, 2.05) is 60.7 Å². The predicted octanol–water partition coefficient (Wildman–Crippen LogP) is 4.44. The number of carboxylic acids is 1. The van der Waals surface area contributed by atoms with Crippen LogP contribution in [0.4, 0.5) is 0 Å². The molecule has 3 rings (SSSR count). The molecule has 1 amide bonds. The van der Waals surface area contributed by atoms with Crippen LogP contribution in [0.1, 0.15) is 34.3 Å². The number of carboxylic acid groups (broad SMARTS) is 1. The molecule has 2 N–H and O–H groups in total. The second kappa shape index (κ2) is 11.4. The van der Waals surface area contributed by atoms with E-state index in [2.05, 4.69) is 5.32 Å². The molecule has 3 aromatic carbocycles. The highest BCUT2D eigenvalue weighted by atomic mass is 16.5. The van der Waals surface area contributed by atoms with E-state index in [4.69, 9.17) is 14.6 Å². The molecule has 0 aliphatic carbocycles. The highest BCUT2D eigenvalue weighted by molar-refractivity contribution is 5.97. The Morgan fingerprint density at radius 2 is 1.42 bits per heavy atom. The number of rotatable bonds is 11. The van der Waals surface area contributed by atoms with Crippen LogP contribution in [0.5, 0.6) is 11.5 Å². The average Bonchev–Trinajstić information content (AvgIpc) is 2.80. The normalized spacial score (nSPS) is 10.3. The molecule has 0 bridgehead atoms. The van der Waals surface area contributed by atoms with Crippen molar-refractivity contribution in [2.75, 3.05) is 6.54 Å². The van der Waals surface area contributed by atoms with Gasteiger partial charge in [-0.2, -0.15) is 0 Å². The average molecular weight is 419 g/mol. The van der Waals surface area contributed by atoms with Crippen LogP contribution in [-0.2, 0) is 18.0 Å². The zero-order valence-corrected chi connectivity index (χ0v) is 17.1. The highest BCUT2D eigenvalue weighted by Crippen LogP contribution is 2.26. The van der Waals surface area contributed by atoms with Crippen molar-refractivity contribution in [3.8, 4) is 11.5 Å². The van der Waals surface area contributed by atoms with Crippen molar-refractivity contribution in [3.05, 3.63) is 95.6 Å². The first-order valence-corrected chi connectivity index (χ1v) is 10.1. The Balaban J connectivity index is 1.71. The first-order chi connectivity index (χ1) is 15.1. The van der Waals surface area contributed by atoms with Crippen LogP contribution in [0.2, 0.25) is 0 Å². The maximum Gasteiger partial charge on any atom is 0.303 e. The monoisotopic (exact) mass is 419 g/mol. The summed E-state index contributed by atoms with van der Waals surface area (Å²) >= 11 is 0. The standard InChI is InChI=1S/C25H25NO5/c27-24(28)12-7-15-26-25(29)22-16-21(30-17-19-8-3-1-4-9-19)13-14-23(22)31-18-20-10-5-2-6-11-20/h1-6,8-11,13-14,16H,7,12,15,17-18H2,(H,26,29)(H,27,28). The maximum absolute atomic E-state index is 12.8. The molecule has 0 fully saturated rings. The van der Waals surface area contributed by atoms with Crippen molar-refractivity contribution in [1.82, 2.24) is 5.32 Å². The van der Waals surface area contributed by atoms with Gasteiger partial charge in [-0.3, -0.25) is 9.59 Å². The zero-order valence-electron chi connectivity index (χ0n) is 17.1. The fourth-order valence-corrected chi connectivity index (χ4v) is 2.92. The van der Waals surface area contributed by atoms with Gasteiger partial charge in [0.05, 0.1) is 5.56 Å². The van der Waals surface area contributed by atoms with E-state index in [0.29, 0.717) is 36.7 Å². The van der Waals surface area contributed by atoms with Crippen LogP contribution in [-0.4, -0.2) is 23.5 Å². The zero-order chi connectivity index (χ0) is 21.9. The second-order valence-corrected chi connectivity index (χ2v) is 6.96. The van der Waals surface area contributed by atoms with Gasteiger partial charge < -0.3 is 19.9 Å². The quantitative estimate of drug-likeness (QED) is 0.449. The number of aliphatic carboxylic acids is 1. The number of nitrogens with one attached hydrogen (secondary N) is 1. The van der Waals surface area contributed by atoms with Crippen LogP contribution in [0.3, 0.4) is 0 Å². The molecule has 160 valence electrons. The number of carbonyl (C=O) groups excluding carboxylic acids is 1. The third-order valence-electron chi connectivity index (χ3n) is 4.53. The minimum absolute atomic E-state index is 0.00211. The summed E-state index contributed by atoms with van der Waals surface area (Å²) in [6, 6.07) is 24.6. The number of ether oxygens (including phenoxy) is 2. The lowest BCUT2D eigenvalue weighted by Crippen LogP contribution is -2.25. The molecule has 0 radical (unpaired) electrons. The number of hydrogen-bond donors (Lipinski definition) is 2. The Hall–Kier alpha value is -3.80. The van der Waals surface area contributed by atoms with Crippen molar-refractivity contribution in [1.29, 1.82) is 0 Å². The molecule has 6 heteroatoms. The van der Waals surface area contributed by atoms with E-state index in [-0.39, 0.29) is 18.9 Å². The lowest BCUT2D eigenvalue weighted by Gasteiger charge is -2.14. The van der Waals surface area contributed by atoms with Gasteiger partial charge in [0.2, 0.25) is 0 Å². The summed E-state index contributed by atoms with van der Waals surface area (Å²) in [5.74, 6) is -0.241. The summed E-state index contributed by atoms with van der Waals surface area (Å²) in [5, 5.41) is 11.5. The molecule has 0 aliphatic heterocycles. The summed E-state index contributed by atoms with van der Waals surface area (Å²) < 4.78 is 11.7. The van der Waals surface area contributed by atoms with Crippen molar-refractivity contribution in [2.24, 2.45) is 0 Å². The van der Waals surface area contributed by atoms with Crippen LogP contribution < -0.4 is 14.8 Å². The molecule has 31 heavy (non-hydrogen) atoms. The van der Waals surface area contributed by atoms with E-state index in [0.717, 1.165) is 11.1 Å². The van der Waals surface area contributed by atoms with Gasteiger partial charge >= 0.3 is 5.97 Å². The van der Waals surface area contributed by atoms with E-state index in [9.17, 15) is 9.59 Å². The van der Waals surface area contributed by atoms with Crippen LogP contribution in [0.15, 0.2) is 78.9 Å². The van der Waals surface area contributed by atoms with Gasteiger partial charge in [-0.05, 0) is 35.7 Å². The lowest BCUT2D eigenvalue weighted by atomic mass is 10.1. The predicted molar refractivity (Wildman–Crippen MR) is 117 cm³/mol. The Morgan fingerprint density at radius 3 is 2.03 bits per heavy atom. The first kappa shape index (κ1) is 21.9. The fourth-order valence-electron chi connectivity index (χ4n) is 2.92. The molecule has 0 aromatic heterocycles. The van der Waals surface area contributed by atoms with E-state index in [1.54, 1.807) is 18.2 Å². The molecule has 0 heterocycles. The van der Waals surface area contributed by atoms with Crippen molar-refractivity contribution in [3.63, 3.8) is 0 Å². The minimum atomic E-state index is -0.891. The van der Waals surface area contributed by atoms with Gasteiger partial charge in [0, 0.05) is 13.0 Å². The van der Waals surface area contributed by atoms with Gasteiger partial charge in [0.15, 0.2) is 0 Å². The van der Waals surface area contributed by atoms with Crippen molar-refractivity contribution in [2.45, 2.75) is 26.1 Å². The molecule has 0 saturated carbocycles. The smallest absolute Gasteiger partial charge is 0.303 e. The van der Waals surface area contributed by atoms with Crippen LogP contribution in [0, 0.1) is 0 Å². The van der Waals surface area contributed by atoms with Crippen LogP contribution in [0.25, 0.3) is 0 Å². The number of benzene rings is 3. The topological polar surface area (TPSA) is 84.9 Å². The van der Waals surface area contributed by atoms with E-state index in [1.165, 1.54) is 0 Å². The van der Waals surface area contributed by atoms with Gasteiger partial charge in [0.1, 0.15) is 24.7 Å². The molecule has 0 saturated heterocycles. The largest absolute Gasteiger partial charge is 0.489 e. The number of hydrogen-bond acceptors (Lipinski definition) is 4. The molecule has 6 nitrogen and oxygen atoms in total. The van der Waals surface area contributed by atoms with Gasteiger partial charge in [-0.1, -0.05) is 60.7 Å². The molecule has 0 unspecified atom stereocenters. The van der Waals surface area contributed by atoms with E-state index < -0.39 is 5.97 Å². The van der Waals surface area contributed by atoms with Crippen molar-refractivity contribution < 1.29 is 24.2 Å². The summed E-state index contributed by atoms with van der Waals surface area (Å²) in [6.07, 6.45) is 0.351. The maximum atomic E-state index is 12.8. The van der Waals surface area contributed by atoms with Crippen LogP contribution >= 0.6 is 0 Å². The Labute approximate surface area is 181 Å². The highest BCUT2D eigenvalue weighted by Gasteiger charge is 2.15. The van der Waals surface area contributed by atoms with Crippen molar-refractivity contribution >= 4 is 11.9 Å². The third kappa shape index (κ3) is 7.19.